The van der Waals surface area contributed by atoms with E-state index in [-0.39, 0.29) is 6.10 Å². The van der Waals surface area contributed by atoms with Gasteiger partial charge in [0.2, 0.25) is 0 Å². The summed E-state index contributed by atoms with van der Waals surface area (Å²) in [6.07, 6.45) is 5.02. The molecule has 1 nitrogen and oxygen atoms in total. The third kappa shape index (κ3) is 3.49. The molecule has 94 valence electrons. The number of thioether (sulfide) groups is 1. The van der Waals surface area contributed by atoms with Crippen LogP contribution in [0.1, 0.15) is 51.2 Å². The van der Waals surface area contributed by atoms with Crippen molar-refractivity contribution in [3.63, 3.8) is 0 Å². The minimum absolute atomic E-state index is 0.361. The van der Waals surface area contributed by atoms with Gasteiger partial charge in [0, 0.05) is 10.1 Å². The molecule has 1 fully saturated rings. The van der Waals surface area contributed by atoms with Gasteiger partial charge in [-0.05, 0) is 37.3 Å². The standard InChI is InChI=1S/C15H22OS/c1-11-6-5-7-13(10-11)17-15-9-4-3-8-14(15)12(2)16/h3-4,8-9,11-13,16H,5-7,10H2,1-2H3. The minimum Gasteiger partial charge on any atom is -0.389 e. The van der Waals surface area contributed by atoms with Crippen LogP contribution in [-0.4, -0.2) is 10.4 Å². The van der Waals surface area contributed by atoms with Crippen molar-refractivity contribution in [3.05, 3.63) is 29.8 Å². The molecule has 1 saturated carbocycles. The van der Waals surface area contributed by atoms with E-state index in [4.69, 9.17) is 0 Å². The molecule has 0 spiro atoms. The molecule has 1 aliphatic rings. The molecule has 1 aromatic rings. The highest BCUT2D eigenvalue weighted by Gasteiger charge is 2.21. The average Bonchev–Trinajstić information content (AvgIpc) is 2.29. The van der Waals surface area contributed by atoms with Gasteiger partial charge < -0.3 is 5.11 Å². The molecule has 17 heavy (non-hydrogen) atoms. The Morgan fingerprint density at radius 1 is 1.29 bits per heavy atom. The van der Waals surface area contributed by atoms with Crippen LogP contribution in [0.5, 0.6) is 0 Å². The predicted molar refractivity (Wildman–Crippen MR) is 74.4 cm³/mol. The summed E-state index contributed by atoms with van der Waals surface area (Å²) < 4.78 is 0. The van der Waals surface area contributed by atoms with E-state index < -0.39 is 0 Å². The summed E-state index contributed by atoms with van der Waals surface area (Å²) in [6, 6.07) is 8.27. The second kappa shape index (κ2) is 5.92. The van der Waals surface area contributed by atoms with E-state index in [9.17, 15) is 5.11 Å². The highest BCUT2D eigenvalue weighted by Crippen LogP contribution is 2.38. The fourth-order valence-corrected chi connectivity index (χ4v) is 4.20. The Labute approximate surface area is 109 Å². The van der Waals surface area contributed by atoms with E-state index >= 15 is 0 Å². The molecule has 1 aromatic carbocycles. The normalized spacial score (nSPS) is 26.8. The zero-order valence-electron chi connectivity index (χ0n) is 10.7. The third-order valence-electron chi connectivity index (χ3n) is 3.55. The summed E-state index contributed by atoms with van der Waals surface area (Å²) in [7, 11) is 0. The molecule has 0 amide bonds. The first-order chi connectivity index (χ1) is 8.16. The van der Waals surface area contributed by atoms with Gasteiger partial charge in [-0.2, -0.15) is 0 Å². The lowest BCUT2D eigenvalue weighted by molar-refractivity contribution is 0.196. The molecule has 0 bridgehead atoms. The van der Waals surface area contributed by atoms with E-state index in [1.807, 2.05) is 30.8 Å². The van der Waals surface area contributed by atoms with Crippen molar-refractivity contribution >= 4 is 11.8 Å². The van der Waals surface area contributed by atoms with Gasteiger partial charge in [-0.3, -0.25) is 0 Å². The zero-order valence-corrected chi connectivity index (χ0v) is 11.5. The van der Waals surface area contributed by atoms with Gasteiger partial charge in [-0.15, -0.1) is 11.8 Å². The average molecular weight is 250 g/mol. The molecule has 0 aromatic heterocycles. The van der Waals surface area contributed by atoms with Crippen molar-refractivity contribution in [2.75, 3.05) is 0 Å². The van der Waals surface area contributed by atoms with E-state index in [1.165, 1.54) is 30.6 Å². The lowest BCUT2D eigenvalue weighted by atomic mass is 9.91. The smallest absolute Gasteiger partial charge is 0.0772 e. The molecule has 3 atom stereocenters. The van der Waals surface area contributed by atoms with Crippen LogP contribution in [0.15, 0.2) is 29.2 Å². The summed E-state index contributed by atoms with van der Waals surface area (Å²) in [4.78, 5) is 1.27. The van der Waals surface area contributed by atoms with Crippen molar-refractivity contribution in [2.24, 2.45) is 5.92 Å². The van der Waals surface area contributed by atoms with Crippen LogP contribution in [-0.2, 0) is 0 Å². The van der Waals surface area contributed by atoms with Gasteiger partial charge in [0.05, 0.1) is 6.10 Å². The molecule has 0 radical (unpaired) electrons. The summed E-state index contributed by atoms with van der Waals surface area (Å²) in [5.74, 6) is 0.861. The molecule has 2 heteroatoms. The Kier molecular flexibility index (Phi) is 4.52. The number of aliphatic hydroxyl groups is 1. The number of aliphatic hydroxyl groups excluding tert-OH is 1. The molecular formula is C15H22OS. The van der Waals surface area contributed by atoms with Crippen LogP contribution in [0, 0.1) is 5.92 Å². The van der Waals surface area contributed by atoms with Crippen LogP contribution >= 0.6 is 11.8 Å². The highest BCUT2D eigenvalue weighted by molar-refractivity contribution is 8.00. The van der Waals surface area contributed by atoms with Gasteiger partial charge in [-0.25, -0.2) is 0 Å². The van der Waals surface area contributed by atoms with Crippen LogP contribution in [0.25, 0.3) is 0 Å². The first-order valence-corrected chi connectivity index (χ1v) is 7.48. The van der Waals surface area contributed by atoms with E-state index in [2.05, 4.69) is 19.1 Å². The SMILES string of the molecule is CC1CCCC(Sc2ccccc2C(C)O)C1. The fraction of sp³-hybridized carbons (Fsp3) is 0.600. The van der Waals surface area contributed by atoms with Gasteiger partial charge in [-0.1, -0.05) is 38.0 Å². The van der Waals surface area contributed by atoms with Crippen LogP contribution in [0.4, 0.5) is 0 Å². The number of benzene rings is 1. The Hall–Kier alpha value is -0.470. The van der Waals surface area contributed by atoms with Crippen molar-refractivity contribution in [2.45, 2.75) is 55.8 Å². The van der Waals surface area contributed by atoms with E-state index in [0.29, 0.717) is 0 Å². The molecule has 0 saturated heterocycles. The molecule has 2 rings (SSSR count). The Morgan fingerprint density at radius 2 is 2.06 bits per heavy atom. The number of hydrogen-bond acceptors (Lipinski definition) is 2. The maximum Gasteiger partial charge on any atom is 0.0772 e. The van der Waals surface area contributed by atoms with E-state index in [0.717, 1.165) is 16.7 Å². The molecule has 3 unspecified atom stereocenters. The fourth-order valence-electron chi connectivity index (χ4n) is 2.60. The van der Waals surface area contributed by atoms with E-state index in [1.54, 1.807) is 0 Å². The summed E-state index contributed by atoms with van der Waals surface area (Å²) in [5.41, 5.74) is 1.08. The second-order valence-electron chi connectivity index (χ2n) is 5.23. The van der Waals surface area contributed by atoms with Gasteiger partial charge in [0.15, 0.2) is 0 Å². The lowest BCUT2D eigenvalue weighted by Crippen LogP contribution is -2.15. The molecule has 0 heterocycles. The lowest BCUT2D eigenvalue weighted by Gasteiger charge is -2.27. The van der Waals surface area contributed by atoms with Gasteiger partial charge in [0.1, 0.15) is 0 Å². The second-order valence-corrected chi connectivity index (χ2v) is 6.57. The first kappa shape index (κ1) is 13.0. The van der Waals surface area contributed by atoms with Crippen molar-refractivity contribution in [1.82, 2.24) is 0 Å². The Balaban J connectivity index is 2.07. The van der Waals surface area contributed by atoms with Crippen LogP contribution < -0.4 is 0 Å². The minimum atomic E-state index is -0.361. The summed E-state index contributed by atoms with van der Waals surface area (Å²) in [6.45, 7) is 4.20. The van der Waals surface area contributed by atoms with Gasteiger partial charge >= 0.3 is 0 Å². The van der Waals surface area contributed by atoms with Crippen LogP contribution in [0.2, 0.25) is 0 Å². The predicted octanol–water partition coefficient (Wildman–Crippen LogP) is 4.41. The van der Waals surface area contributed by atoms with Crippen molar-refractivity contribution < 1.29 is 5.11 Å². The number of hydrogen-bond donors (Lipinski definition) is 1. The number of rotatable bonds is 3. The highest BCUT2D eigenvalue weighted by atomic mass is 32.2. The molecule has 1 N–H and O–H groups in total. The first-order valence-electron chi connectivity index (χ1n) is 6.60. The topological polar surface area (TPSA) is 20.2 Å². The van der Waals surface area contributed by atoms with Crippen LogP contribution in [0.3, 0.4) is 0 Å². The zero-order chi connectivity index (χ0) is 12.3. The van der Waals surface area contributed by atoms with Crippen molar-refractivity contribution in [3.8, 4) is 0 Å². The van der Waals surface area contributed by atoms with Gasteiger partial charge in [0.25, 0.3) is 0 Å². The third-order valence-corrected chi connectivity index (χ3v) is 4.94. The molecule has 1 aliphatic carbocycles. The Bertz CT molecular complexity index is 362. The maximum absolute atomic E-state index is 9.77. The maximum atomic E-state index is 9.77. The molecule has 0 aliphatic heterocycles. The largest absolute Gasteiger partial charge is 0.389 e. The molecular weight excluding hydrogens is 228 g/mol. The van der Waals surface area contributed by atoms with Crippen molar-refractivity contribution in [1.29, 1.82) is 0 Å². The monoisotopic (exact) mass is 250 g/mol. The Morgan fingerprint density at radius 3 is 2.76 bits per heavy atom. The summed E-state index contributed by atoms with van der Waals surface area (Å²) in [5, 5.41) is 10.5. The summed E-state index contributed by atoms with van der Waals surface area (Å²) >= 11 is 1.96. The quantitative estimate of drug-likeness (QED) is 0.857.